The van der Waals surface area contributed by atoms with E-state index in [1.807, 2.05) is 6.92 Å². The molecule has 0 saturated carbocycles. The molecule has 5 nitrogen and oxygen atoms in total. The lowest BCUT2D eigenvalue weighted by atomic mass is 10.2. The molecule has 1 rings (SSSR count). The molecule has 0 saturated heterocycles. The molecule has 1 unspecified atom stereocenters. The predicted octanol–water partition coefficient (Wildman–Crippen LogP) is 3.69. The summed E-state index contributed by atoms with van der Waals surface area (Å²) in [6, 6.07) is 4.22. The summed E-state index contributed by atoms with van der Waals surface area (Å²) < 4.78 is 0. The number of nitrogens with zero attached hydrogens (tertiary/aromatic N) is 1. The van der Waals surface area contributed by atoms with Crippen molar-refractivity contribution in [1.82, 2.24) is 4.90 Å². The first kappa shape index (κ1) is 16.3. The van der Waals surface area contributed by atoms with Crippen molar-refractivity contribution in [2.24, 2.45) is 0 Å². The van der Waals surface area contributed by atoms with Crippen LogP contribution in [-0.4, -0.2) is 35.1 Å². The maximum Gasteiger partial charge on any atom is 0.337 e. The van der Waals surface area contributed by atoms with E-state index in [0.717, 1.165) is 12.8 Å². The average Bonchev–Trinajstić information content (AvgIpc) is 2.39. The number of nitrogens with one attached hydrogen (secondary N) is 1. The number of anilines is 1. The van der Waals surface area contributed by atoms with Gasteiger partial charge in [-0.3, -0.25) is 0 Å². The van der Waals surface area contributed by atoms with Crippen LogP contribution in [-0.2, 0) is 0 Å². The van der Waals surface area contributed by atoms with E-state index in [-0.39, 0.29) is 22.7 Å². The molecule has 0 heterocycles. The third kappa shape index (κ3) is 4.13. The minimum Gasteiger partial charge on any atom is -0.478 e. The van der Waals surface area contributed by atoms with Crippen molar-refractivity contribution < 1.29 is 14.7 Å². The zero-order valence-corrected chi connectivity index (χ0v) is 12.6. The quantitative estimate of drug-likeness (QED) is 0.871. The zero-order chi connectivity index (χ0) is 15.3. The lowest BCUT2D eigenvalue weighted by Gasteiger charge is -2.25. The van der Waals surface area contributed by atoms with Crippen LogP contribution in [0.2, 0.25) is 5.02 Å². The van der Waals surface area contributed by atoms with E-state index in [2.05, 4.69) is 12.2 Å². The van der Waals surface area contributed by atoms with Gasteiger partial charge >= 0.3 is 12.0 Å². The van der Waals surface area contributed by atoms with Crippen LogP contribution >= 0.6 is 11.6 Å². The SMILES string of the molecule is CCCC(C)N(C)C(=O)Nc1ccc(Cl)c(C(=O)O)c1. The molecule has 1 aromatic carbocycles. The number of hydrogen-bond acceptors (Lipinski definition) is 2. The molecule has 2 N–H and O–H groups in total. The Morgan fingerprint density at radius 1 is 1.45 bits per heavy atom. The number of hydrogen-bond donors (Lipinski definition) is 2. The fraction of sp³-hybridized carbons (Fsp3) is 0.429. The summed E-state index contributed by atoms with van der Waals surface area (Å²) in [5.41, 5.74) is 0.376. The highest BCUT2D eigenvalue weighted by molar-refractivity contribution is 6.33. The Labute approximate surface area is 123 Å². The first-order chi connectivity index (χ1) is 9.36. The van der Waals surface area contributed by atoms with E-state index in [0.29, 0.717) is 5.69 Å². The third-order valence-corrected chi connectivity index (χ3v) is 3.47. The summed E-state index contributed by atoms with van der Waals surface area (Å²) >= 11 is 5.78. The Bertz CT molecular complexity index is 505. The van der Waals surface area contributed by atoms with Gasteiger partial charge in [0.1, 0.15) is 0 Å². The number of urea groups is 1. The second kappa shape index (κ2) is 7.14. The Morgan fingerprint density at radius 2 is 2.10 bits per heavy atom. The van der Waals surface area contributed by atoms with Gasteiger partial charge in [0.25, 0.3) is 0 Å². The van der Waals surface area contributed by atoms with Gasteiger partial charge in [-0.2, -0.15) is 0 Å². The minimum atomic E-state index is -1.13. The van der Waals surface area contributed by atoms with E-state index in [1.54, 1.807) is 18.0 Å². The monoisotopic (exact) mass is 298 g/mol. The Balaban J connectivity index is 2.80. The summed E-state index contributed by atoms with van der Waals surface area (Å²) in [4.78, 5) is 24.6. The van der Waals surface area contributed by atoms with Crippen molar-refractivity contribution in [2.75, 3.05) is 12.4 Å². The van der Waals surface area contributed by atoms with Crippen molar-refractivity contribution in [3.8, 4) is 0 Å². The summed E-state index contributed by atoms with van der Waals surface area (Å²) in [5, 5.41) is 11.8. The van der Waals surface area contributed by atoms with Crippen LogP contribution in [0.1, 0.15) is 37.0 Å². The number of carbonyl (C=O) groups excluding carboxylic acids is 1. The number of rotatable bonds is 5. The molecule has 20 heavy (non-hydrogen) atoms. The summed E-state index contributed by atoms with van der Waals surface area (Å²) in [6.45, 7) is 4.02. The van der Waals surface area contributed by atoms with E-state index in [9.17, 15) is 9.59 Å². The molecule has 6 heteroatoms. The van der Waals surface area contributed by atoms with Gasteiger partial charge in [-0.05, 0) is 31.5 Å². The zero-order valence-electron chi connectivity index (χ0n) is 11.8. The second-order valence-corrected chi connectivity index (χ2v) is 5.09. The van der Waals surface area contributed by atoms with Crippen LogP contribution in [0, 0.1) is 0 Å². The average molecular weight is 299 g/mol. The van der Waals surface area contributed by atoms with Crippen LogP contribution in [0.3, 0.4) is 0 Å². The maximum absolute atomic E-state index is 12.0. The van der Waals surface area contributed by atoms with Crippen LogP contribution in [0.25, 0.3) is 0 Å². The van der Waals surface area contributed by atoms with Crippen LogP contribution in [0.15, 0.2) is 18.2 Å². The number of halogens is 1. The molecule has 0 bridgehead atoms. The molecule has 0 spiro atoms. The predicted molar refractivity (Wildman–Crippen MR) is 79.6 cm³/mol. The van der Waals surface area contributed by atoms with Gasteiger partial charge in [-0.1, -0.05) is 24.9 Å². The van der Waals surface area contributed by atoms with Gasteiger partial charge in [-0.15, -0.1) is 0 Å². The van der Waals surface area contributed by atoms with Crippen molar-refractivity contribution in [3.05, 3.63) is 28.8 Å². The standard InChI is InChI=1S/C14H19ClN2O3/c1-4-5-9(2)17(3)14(20)16-10-6-7-12(15)11(8-10)13(18)19/h6-9H,4-5H2,1-3H3,(H,16,20)(H,18,19). The number of aromatic carboxylic acids is 1. The van der Waals surface area contributed by atoms with Gasteiger partial charge in [0.2, 0.25) is 0 Å². The number of carbonyl (C=O) groups is 2. The van der Waals surface area contributed by atoms with E-state index >= 15 is 0 Å². The van der Waals surface area contributed by atoms with Gasteiger partial charge in [0.15, 0.2) is 0 Å². The normalized spacial score (nSPS) is 11.8. The van der Waals surface area contributed by atoms with E-state index < -0.39 is 5.97 Å². The van der Waals surface area contributed by atoms with Crippen molar-refractivity contribution in [2.45, 2.75) is 32.7 Å². The largest absolute Gasteiger partial charge is 0.478 e. The lowest BCUT2D eigenvalue weighted by molar-refractivity contribution is 0.0697. The topological polar surface area (TPSA) is 69.6 Å². The molecule has 1 aromatic rings. The molecule has 2 amide bonds. The molecule has 1 atom stereocenters. The molecule has 0 radical (unpaired) electrons. The number of benzene rings is 1. The fourth-order valence-electron chi connectivity index (χ4n) is 1.79. The lowest BCUT2D eigenvalue weighted by Crippen LogP contribution is -2.38. The highest BCUT2D eigenvalue weighted by Crippen LogP contribution is 2.21. The summed E-state index contributed by atoms with van der Waals surface area (Å²) in [7, 11) is 1.71. The molecular weight excluding hydrogens is 280 g/mol. The summed E-state index contributed by atoms with van der Waals surface area (Å²) in [5.74, 6) is -1.13. The highest BCUT2D eigenvalue weighted by Gasteiger charge is 2.16. The van der Waals surface area contributed by atoms with Crippen LogP contribution < -0.4 is 5.32 Å². The smallest absolute Gasteiger partial charge is 0.337 e. The Hall–Kier alpha value is -1.75. The Kier molecular flexibility index (Phi) is 5.82. The molecular formula is C14H19ClN2O3. The highest BCUT2D eigenvalue weighted by atomic mass is 35.5. The van der Waals surface area contributed by atoms with Crippen LogP contribution in [0.5, 0.6) is 0 Å². The van der Waals surface area contributed by atoms with Gasteiger partial charge in [-0.25, -0.2) is 9.59 Å². The molecule has 0 aliphatic carbocycles. The number of carboxylic acids is 1. The van der Waals surface area contributed by atoms with Crippen molar-refractivity contribution in [3.63, 3.8) is 0 Å². The minimum absolute atomic E-state index is 0.0336. The molecule has 0 aliphatic rings. The maximum atomic E-state index is 12.0. The Morgan fingerprint density at radius 3 is 2.65 bits per heavy atom. The first-order valence-corrected chi connectivity index (χ1v) is 6.81. The third-order valence-electron chi connectivity index (χ3n) is 3.14. The van der Waals surface area contributed by atoms with Crippen molar-refractivity contribution in [1.29, 1.82) is 0 Å². The summed E-state index contributed by atoms with van der Waals surface area (Å²) in [6.07, 6.45) is 1.90. The fourth-order valence-corrected chi connectivity index (χ4v) is 1.99. The first-order valence-electron chi connectivity index (χ1n) is 6.43. The number of amides is 2. The van der Waals surface area contributed by atoms with Crippen molar-refractivity contribution >= 4 is 29.3 Å². The van der Waals surface area contributed by atoms with Gasteiger partial charge in [0.05, 0.1) is 10.6 Å². The molecule has 0 aliphatic heterocycles. The second-order valence-electron chi connectivity index (χ2n) is 4.68. The molecule has 110 valence electrons. The van der Waals surface area contributed by atoms with E-state index in [4.69, 9.17) is 16.7 Å². The van der Waals surface area contributed by atoms with Gasteiger partial charge in [0, 0.05) is 18.8 Å². The van der Waals surface area contributed by atoms with E-state index in [1.165, 1.54) is 12.1 Å². The molecule has 0 fully saturated rings. The van der Waals surface area contributed by atoms with Gasteiger partial charge < -0.3 is 15.3 Å². The molecule has 0 aromatic heterocycles. The number of carboxylic acid groups (broad SMARTS) is 1. The van der Waals surface area contributed by atoms with Crippen LogP contribution in [0.4, 0.5) is 10.5 Å².